The Morgan fingerprint density at radius 2 is 1.90 bits per heavy atom. The minimum Gasteiger partial charge on any atom is -0.389 e. The second-order valence-electron chi connectivity index (χ2n) is 4.94. The second kappa shape index (κ2) is 6.05. The van der Waals surface area contributed by atoms with Crippen LogP contribution in [-0.4, -0.2) is 20.7 Å². The fourth-order valence-electron chi connectivity index (χ4n) is 1.99. The maximum atomic E-state index is 12.1. The van der Waals surface area contributed by atoms with Crippen LogP contribution in [0.1, 0.15) is 22.5 Å². The van der Waals surface area contributed by atoms with Crippen molar-refractivity contribution in [3.63, 3.8) is 0 Å². The molecule has 6 heteroatoms. The fourth-order valence-corrected chi connectivity index (χ4v) is 2.13. The summed E-state index contributed by atoms with van der Waals surface area (Å²) < 4.78 is 1.71. The molecule has 1 aromatic heterocycles. The summed E-state index contributed by atoms with van der Waals surface area (Å²) in [5, 5.41) is 7.18. The van der Waals surface area contributed by atoms with Gasteiger partial charge in [0.05, 0.1) is 5.69 Å². The monoisotopic (exact) mass is 302 g/mol. The quantitative estimate of drug-likeness (QED) is 0.848. The molecule has 2 rings (SSSR count). The van der Waals surface area contributed by atoms with E-state index in [0.717, 1.165) is 22.5 Å². The van der Waals surface area contributed by atoms with Gasteiger partial charge in [-0.15, -0.1) is 0 Å². The van der Waals surface area contributed by atoms with Crippen LogP contribution in [0.3, 0.4) is 0 Å². The third kappa shape index (κ3) is 3.46. The van der Waals surface area contributed by atoms with Gasteiger partial charge in [-0.25, -0.2) is 0 Å². The van der Waals surface area contributed by atoms with Gasteiger partial charge in [-0.05, 0) is 50.6 Å². The smallest absolute Gasteiger partial charge is 0.246 e. The van der Waals surface area contributed by atoms with Crippen LogP contribution in [0.2, 0.25) is 0 Å². The lowest BCUT2D eigenvalue weighted by Crippen LogP contribution is -2.20. The van der Waals surface area contributed by atoms with E-state index in [2.05, 4.69) is 10.4 Å². The molecule has 21 heavy (non-hydrogen) atoms. The third-order valence-corrected chi connectivity index (χ3v) is 3.73. The number of nitrogens with one attached hydrogen (secondary N) is 1. The Morgan fingerprint density at radius 3 is 2.38 bits per heavy atom. The van der Waals surface area contributed by atoms with Crippen LogP contribution in [0, 0.1) is 20.8 Å². The number of carbonyl (C=O) groups excluding carboxylic acids is 1. The van der Waals surface area contributed by atoms with Crippen LogP contribution in [0.15, 0.2) is 24.3 Å². The van der Waals surface area contributed by atoms with Gasteiger partial charge in [-0.1, -0.05) is 12.2 Å². The highest BCUT2D eigenvalue weighted by Gasteiger charge is 2.11. The third-order valence-electron chi connectivity index (χ3n) is 3.49. The predicted octanol–water partition coefficient (Wildman–Crippen LogP) is 2.08. The number of nitrogens with two attached hydrogens (primary N) is 1. The molecule has 0 radical (unpaired) electrons. The summed E-state index contributed by atoms with van der Waals surface area (Å²) in [6.45, 7) is 6.09. The summed E-state index contributed by atoms with van der Waals surface area (Å²) >= 11 is 4.89. The van der Waals surface area contributed by atoms with Gasteiger partial charge in [0.25, 0.3) is 0 Å². The molecule has 0 bridgehead atoms. The topological polar surface area (TPSA) is 72.9 Å². The number of nitrogens with zero attached hydrogens (tertiary/aromatic N) is 2. The van der Waals surface area contributed by atoms with Crippen molar-refractivity contribution < 1.29 is 4.79 Å². The molecule has 1 heterocycles. The van der Waals surface area contributed by atoms with Crippen LogP contribution in [-0.2, 0) is 11.3 Å². The first kappa shape index (κ1) is 15.2. The van der Waals surface area contributed by atoms with Crippen molar-refractivity contribution >= 4 is 28.8 Å². The van der Waals surface area contributed by atoms with Crippen molar-refractivity contribution in [1.82, 2.24) is 9.78 Å². The predicted molar refractivity (Wildman–Crippen MR) is 87.4 cm³/mol. The van der Waals surface area contributed by atoms with Crippen molar-refractivity contribution in [3.8, 4) is 0 Å². The highest BCUT2D eigenvalue weighted by atomic mass is 32.1. The molecule has 0 saturated heterocycles. The summed E-state index contributed by atoms with van der Waals surface area (Å²) in [6.07, 6.45) is 0. The van der Waals surface area contributed by atoms with Crippen molar-refractivity contribution in [2.45, 2.75) is 27.3 Å². The Labute approximate surface area is 129 Å². The molecule has 0 aliphatic carbocycles. The number of benzene rings is 1. The van der Waals surface area contributed by atoms with Gasteiger partial charge in [0, 0.05) is 16.9 Å². The normalized spacial score (nSPS) is 10.4. The number of rotatable bonds is 4. The largest absolute Gasteiger partial charge is 0.389 e. The average Bonchev–Trinajstić information content (AvgIpc) is 2.67. The summed E-state index contributed by atoms with van der Waals surface area (Å²) in [5.41, 5.74) is 10.1. The number of carbonyl (C=O) groups is 1. The Morgan fingerprint density at radius 1 is 1.29 bits per heavy atom. The lowest BCUT2D eigenvalue weighted by atomic mass is 10.2. The fraction of sp³-hybridized carbons (Fsp3) is 0.267. The zero-order valence-corrected chi connectivity index (χ0v) is 13.1. The first-order chi connectivity index (χ1) is 9.88. The Bertz CT molecular complexity index is 688. The molecular formula is C15H18N4OS. The minimum atomic E-state index is -0.122. The molecule has 5 nitrogen and oxygen atoms in total. The molecular weight excluding hydrogens is 284 g/mol. The SMILES string of the molecule is Cc1nn(CC(=O)Nc2ccc(C(N)=S)cc2)c(C)c1C. The molecule has 0 aliphatic heterocycles. The standard InChI is InChI=1S/C15H18N4OS/c1-9-10(2)18-19(11(9)3)8-14(20)17-13-6-4-12(5-7-13)15(16)21/h4-7H,8H2,1-3H3,(H2,16,21)(H,17,20). The van der Waals surface area contributed by atoms with Gasteiger partial charge in [-0.3, -0.25) is 9.48 Å². The van der Waals surface area contributed by atoms with Gasteiger partial charge < -0.3 is 11.1 Å². The van der Waals surface area contributed by atoms with Crippen molar-refractivity contribution in [1.29, 1.82) is 0 Å². The number of hydrogen-bond acceptors (Lipinski definition) is 3. The Hall–Kier alpha value is -2.21. The van der Waals surface area contributed by atoms with E-state index >= 15 is 0 Å². The number of hydrogen-bond donors (Lipinski definition) is 2. The zero-order chi connectivity index (χ0) is 15.6. The van der Waals surface area contributed by atoms with Crippen LogP contribution >= 0.6 is 12.2 Å². The van der Waals surface area contributed by atoms with Crippen LogP contribution in [0.4, 0.5) is 5.69 Å². The number of aromatic nitrogens is 2. The first-order valence-electron chi connectivity index (χ1n) is 6.59. The van der Waals surface area contributed by atoms with E-state index in [1.54, 1.807) is 28.9 Å². The van der Waals surface area contributed by atoms with E-state index in [9.17, 15) is 4.79 Å². The minimum absolute atomic E-state index is 0.122. The first-order valence-corrected chi connectivity index (χ1v) is 6.99. The molecule has 110 valence electrons. The Balaban J connectivity index is 2.04. The van der Waals surface area contributed by atoms with Crippen molar-refractivity contribution in [3.05, 3.63) is 46.8 Å². The second-order valence-corrected chi connectivity index (χ2v) is 5.38. The average molecular weight is 302 g/mol. The molecule has 0 saturated carbocycles. The van der Waals surface area contributed by atoms with E-state index in [4.69, 9.17) is 18.0 Å². The van der Waals surface area contributed by atoms with Gasteiger partial charge >= 0.3 is 0 Å². The Kier molecular flexibility index (Phi) is 4.37. The molecule has 2 aromatic rings. The number of aryl methyl sites for hydroxylation is 1. The highest BCUT2D eigenvalue weighted by molar-refractivity contribution is 7.80. The van der Waals surface area contributed by atoms with Crippen molar-refractivity contribution in [2.75, 3.05) is 5.32 Å². The molecule has 1 aromatic carbocycles. The maximum absolute atomic E-state index is 12.1. The van der Waals surface area contributed by atoms with E-state index in [-0.39, 0.29) is 12.5 Å². The number of thiocarbonyl (C=S) groups is 1. The molecule has 0 fully saturated rings. The summed E-state index contributed by atoms with van der Waals surface area (Å²) in [6, 6.07) is 7.12. The van der Waals surface area contributed by atoms with E-state index < -0.39 is 0 Å². The molecule has 1 amide bonds. The zero-order valence-electron chi connectivity index (χ0n) is 12.3. The van der Waals surface area contributed by atoms with E-state index in [1.807, 2.05) is 20.8 Å². The van der Waals surface area contributed by atoms with Crippen LogP contribution in [0.5, 0.6) is 0 Å². The van der Waals surface area contributed by atoms with Crippen molar-refractivity contribution in [2.24, 2.45) is 5.73 Å². The lowest BCUT2D eigenvalue weighted by Gasteiger charge is -2.07. The summed E-state index contributed by atoms with van der Waals surface area (Å²) in [4.78, 5) is 12.4. The highest BCUT2D eigenvalue weighted by Crippen LogP contribution is 2.12. The van der Waals surface area contributed by atoms with Gasteiger partial charge in [0.1, 0.15) is 11.5 Å². The number of amides is 1. The summed E-state index contributed by atoms with van der Waals surface area (Å²) in [7, 11) is 0. The van der Waals surface area contributed by atoms with Crippen LogP contribution in [0.25, 0.3) is 0 Å². The van der Waals surface area contributed by atoms with Gasteiger partial charge in [0.2, 0.25) is 5.91 Å². The van der Waals surface area contributed by atoms with E-state index in [0.29, 0.717) is 10.7 Å². The molecule has 0 aliphatic rings. The van der Waals surface area contributed by atoms with Gasteiger partial charge in [-0.2, -0.15) is 5.10 Å². The molecule has 0 unspecified atom stereocenters. The molecule has 0 spiro atoms. The molecule has 0 atom stereocenters. The van der Waals surface area contributed by atoms with Crippen LogP contribution < -0.4 is 11.1 Å². The van der Waals surface area contributed by atoms with E-state index in [1.165, 1.54) is 0 Å². The summed E-state index contributed by atoms with van der Waals surface area (Å²) in [5.74, 6) is -0.122. The lowest BCUT2D eigenvalue weighted by molar-refractivity contribution is -0.116. The molecule has 3 N–H and O–H groups in total. The number of anilines is 1. The van der Waals surface area contributed by atoms with Gasteiger partial charge in [0.15, 0.2) is 0 Å². The maximum Gasteiger partial charge on any atom is 0.246 e.